The second kappa shape index (κ2) is 6.01. The Balaban J connectivity index is 0.00000180. The first kappa shape index (κ1) is 14.7. The van der Waals surface area contributed by atoms with Gasteiger partial charge in [-0.1, -0.05) is 18.2 Å². The Morgan fingerprint density at radius 1 is 1.37 bits per heavy atom. The van der Waals surface area contributed by atoms with Gasteiger partial charge >= 0.3 is 0 Å². The van der Waals surface area contributed by atoms with Crippen molar-refractivity contribution >= 4 is 24.3 Å². The number of nitrogens with one attached hydrogen (secondary N) is 2. The van der Waals surface area contributed by atoms with Crippen molar-refractivity contribution in [3.63, 3.8) is 0 Å². The average Bonchev–Trinajstić information content (AvgIpc) is 2.72. The highest BCUT2D eigenvalue weighted by molar-refractivity contribution is 6.03. The number of benzene rings is 1. The third-order valence-corrected chi connectivity index (χ3v) is 2.37. The lowest BCUT2D eigenvalue weighted by Crippen LogP contribution is -2.35. The molecule has 1 aromatic carbocycles. The number of carbonyl (C=O) groups excluding carboxylic acids is 1. The number of aryl methyl sites for hydroxylation is 1. The largest absolute Gasteiger partial charge is 0.370 e. The van der Waals surface area contributed by atoms with Gasteiger partial charge in [0, 0.05) is 5.69 Å². The maximum Gasteiger partial charge on any atom is 0.278 e. The molecule has 0 unspecified atom stereocenters. The van der Waals surface area contributed by atoms with Crippen molar-refractivity contribution in [3.05, 3.63) is 47.8 Å². The van der Waals surface area contributed by atoms with Crippen LogP contribution < -0.4 is 11.1 Å². The highest BCUT2D eigenvalue weighted by atomic mass is 35.5. The maximum atomic E-state index is 11.6. The molecule has 6 nitrogen and oxygen atoms in total. The lowest BCUT2D eigenvalue weighted by atomic mass is 10.3. The summed E-state index contributed by atoms with van der Waals surface area (Å²) in [4.78, 5) is 11.6. The molecule has 7 heteroatoms. The number of guanidine groups is 1. The van der Waals surface area contributed by atoms with Crippen LogP contribution in [0.1, 0.15) is 16.2 Å². The van der Waals surface area contributed by atoms with E-state index in [-0.39, 0.29) is 18.1 Å². The summed E-state index contributed by atoms with van der Waals surface area (Å²) in [5.41, 5.74) is 7.03. The van der Waals surface area contributed by atoms with Crippen molar-refractivity contribution in [3.8, 4) is 5.69 Å². The molecular formula is C12H14ClN5O. The Labute approximate surface area is 116 Å². The van der Waals surface area contributed by atoms with Gasteiger partial charge in [0.1, 0.15) is 0 Å². The smallest absolute Gasteiger partial charge is 0.278 e. The first-order valence-electron chi connectivity index (χ1n) is 5.35. The molecule has 2 aromatic rings. The fraction of sp³-hybridized carbons (Fsp3) is 0.0833. The molecule has 100 valence electrons. The van der Waals surface area contributed by atoms with E-state index in [0.717, 1.165) is 11.4 Å². The number of amides is 1. The Morgan fingerprint density at radius 2 is 2.00 bits per heavy atom. The molecular weight excluding hydrogens is 266 g/mol. The third-order valence-electron chi connectivity index (χ3n) is 2.37. The fourth-order valence-corrected chi connectivity index (χ4v) is 1.60. The zero-order chi connectivity index (χ0) is 13.1. The van der Waals surface area contributed by atoms with Crippen LogP contribution in [0.3, 0.4) is 0 Å². The van der Waals surface area contributed by atoms with E-state index in [1.807, 2.05) is 37.3 Å². The molecule has 0 saturated carbocycles. The molecule has 19 heavy (non-hydrogen) atoms. The summed E-state index contributed by atoms with van der Waals surface area (Å²) >= 11 is 0. The molecule has 1 aromatic heterocycles. The number of hydrogen-bond acceptors (Lipinski definition) is 3. The second-order valence-electron chi connectivity index (χ2n) is 3.79. The summed E-state index contributed by atoms with van der Waals surface area (Å²) in [6.07, 6.45) is 0. The van der Waals surface area contributed by atoms with Crippen molar-refractivity contribution in [1.29, 1.82) is 5.41 Å². The molecule has 0 fully saturated rings. The monoisotopic (exact) mass is 279 g/mol. The minimum atomic E-state index is -0.486. The van der Waals surface area contributed by atoms with Crippen LogP contribution in [0.5, 0.6) is 0 Å². The summed E-state index contributed by atoms with van der Waals surface area (Å²) in [5.74, 6) is -0.882. The molecule has 0 aliphatic heterocycles. The lowest BCUT2D eigenvalue weighted by Gasteiger charge is -2.02. The number of aromatic nitrogens is 2. The lowest BCUT2D eigenvalue weighted by molar-refractivity contribution is 0.0971. The van der Waals surface area contributed by atoms with E-state index in [4.69, 9.17) is 11.1 Å². The Bertz CT molecular complexity index is 593. The van der Waals surface area contributed by atoms with E-state index in [0.29, 0.717) is 0 Å². The summed E-state index contributed by atoms with van der Waals surface area (Å²) < 4.78 is 1.66. The van der Waals surface area contributed by atoms with Crippen LogP contribution in [0.25, 0.3) is 5.69 Å². The van der Waals surface area contributed by atoms with Crippen molar-refractivity contribution in [2.24, 2.45) is 5.73 Å². The molecule has 2 rings (SSSR count). The van der Waals surface area contributed by atoms with E-state index in [9.17, 15) is 4.79 Å². The van der Waals surface area contributed by atoms with Gasteiger partial charge in [0.2, 0.25) is 0 Å². The number of nitrogens with two attached hydrogens (primary N) is 1. The molecule has 0 saturated heterocycles. The van der Waals surface area contributed by atoms with Crippen molar-refractivity contribution in [1.82, 2.24) is 15.1 Å². The van der Waals surface area contributed by atoms with Crippen LogP contribution in [-0.2, 0) is 0 Å². The summed E-state index contributed by atoms with van der Waals surface area (Å²) in [5, 5.41) is 13.4. The average molecular weight is 280 g/mol. The molecule has 0 bridgehead atoms. The predicted octanol–water partition coefficient (Wildman–Crippen LogP) is 1.23. The Kier molecular flexibility index (Phi) is 4.66. The quantitative estimate of drug-likeness (QED) is 0.570. The van der Waals surface area contributed by atoms with Gasteiger partial charge in [-0.2, -0.15) is 5.10 Å². The van der Waals surface area contributed by atoms with Crippen molar-refractivity contribution in [2.75, 3.05) is 0 Å². The molecule has 1 amide bonds. The van der Waals surface area contributed by atoms with E-state index >= 15 is 0 Å². The first-order chi connectivity index (χ1) is 8.58. The van der Waals surface area contributed by atoms with E-state index in [1.165, 1.54) is 0 Å². The summed E-state index contributed by atoms with van der Waals surface area (Å²) in [6.45, 7) is 1.85. The van der Waals surface area contributed by atoms with Crippen LogP contribution in [0, 0.1) is 12.3 Å². The molecule has 0 aliphatic carbocycles. The minimum absolute atomic E-state index is 0. The molecule has 0 spiro atoms. The third kappa shape index (κ3) is 3.32. The number of halogens is 1. The minimum Gasteiger partial charge on any atom is -0.370 e. The van der Waals surface area contributed by atoms with Gasteiger partial charge < -0.3 is 5.73 Å². The second-order valence-corrected chi connectivity index (χ2v) is 3.79. The van der Waals surface area contributed by atoms with E-state index in [2.05, 4.69) is 10.4 Å². The number of hydrogen-bond donors (Lipinski definition) is 3. The van der Waals surface area contributed by atoms with Gasteiger partial charge in [-0.25, -0.2) is 4.68 Å². The maximum absolute atomic E-state index is 11.6. The van der Waals surface area contributed by atoms with Crippen LogP contribution in [0.4, 0.5) is 0 Å². The Hall–Kier alpha value is -2.34. The summed E-state index contributed by atoms with van der Waals surface area (Å²) in [7, 11) is 0. The van der Waals surface area contributed by atoms with E-state index in [1.54, 1.807) is 10.7 Å². The van der Waals surface area contributed by atoms with Gasteiger partial charge in [0.25, 0.3) is 5.91 Å². The van der Waals surface area contributed by atoms with Crippen LogP contribution in [-0.4, -0.2) is 21.6 Å². The van der Waals surface area contributed by atoms with Gasteiger partial charge in [0.05, 0.1) is 5.69 Å². The van der Waals surface area contributed by atoms with Crippen LogP contribution >= 0.6 is 12.4 Å². The van der Waals surface area contributed by atoms with Gasteiger partial charge in [-0.3, -0.25) is 15.5 Å². The molecule has 0 aliphatic rings. The van der Waals surface area contributed by atoms with Crippen molar-refractivity contribution in [2.45, 2.75) is 6.92 Å². The first-order valence-corrected chi connectivity index (χ1v) is 5.35. The number of carbonyl (C=O) groups is 1. The molecule has 4 N–H and O–H groups in total. The van der Waals surface area contributed by atoms with Gasteiger partial charge in [-0.05, 0) is 25.1 Å². The van der Waals surface area contributed by atoms with Crippen molar-refractivity contribution < 1.29 is 4.79 Å². The fourth-order valence-electron chi connectivity index (χ4n) is 1.60. The molecule has 0 radical (unpaired) electrons. The highest BCUT2D eigenvalue weighted by Gasteiger charge is 2.13. The normalized spacial score (nSPS) is 9.53. The highest BCUT2D eigenvalue weighted by Crippen LogP contribution is 2.11. The molecule has 0 atom stereocenters. The van der Waals surface area contributed by atoms with Crippen LogP contribution in [0.15, 0.2) is 36.4 Å². The topological polar surface area (TPSA) is 96.8 Å². The SMILES string of the molecule is Cc1cc(C(=O)NC(=N)N)nn1-c1ccccc1.Cl. The zero-order valence-electron chi connectivity index (χ0n) is 10.3. The van der Waals surface area contributed by atoms with Crippen LogP contribution in [0.2, 0.25) is 0 Å². The van der Waals surface area contributed by atoms with E-state index < -0.39 is 11.9 Å². The predicted molar refractivity (Wildman–Crippen MR) is 74.9 cm³/mol. The van der Waals surface area contributed by atoms with Gasteiger partial charge in [0.15, 0.2) is 11.7 Å². The van der Waals surface area contributed by atoms with Gasteiger partial charge in [-0.15, -0.1) is 12.4 Å². The Morgan fingerprint density at radius 3 is 2.58 bits per heavy atom. The summed E-state index contributed by atoms with van der Waals surface area (Å²) in [6, 6.07) is 11.1. The molecule has 1 heterocycles. The zero-order valence-corrected chi connectivity index (χ0v) is 11.1. The number of nitrogens with zero attached hydrogens (tertiary/aromatic N) is 2. The number of rotatable bonds is 2. The number of para-hydroxylation sites is 1. The standard InChI is InChI=1S/C12H13N5O.ClH/c1-8-7-10(11(18)15-12(13)14)16-17(8)9-5-3-2-4-6-9;/h2-7H,1H3,(H4,13,14,15,18);1H.